The Labute approximate surface area is 307 Å². The van der Waals surface area contributed by atoms with Gasteiger partial charge in [-0.3, -0.25) is 19.2 Å². The van der Waals surface area contributed by atoms with E-state index in [1.165, 1.54) is 7.05 Å². The number of hydrogen-bond acceptors (Lipinski definition) is 11. The minimum atomic E-state index is -2.81. The van der Waals surface area contributed by atoms with Gasteiger partial charge in [-0.25, -0.2) is 18.3 Å². The van der Waals surface area contributed by atoms with Crippen LogP contribution in [0.3, 0.4) is 0 Å². The van der Waals surface area contributed by atoms with E-state index < -0.39 is 54.4 Å². The van der Waals surface area contributed by atoms with Crippen LogP contribution in [0.2, 0.25) is 5.02 Å². The third-order valence-electron chi connectivity index (χ3n) is 11.1. The molecule has 2 amide bonds. The van der Waals surface area contributed by atoms with Crippen molar-refractivity contribution in [3.8, 4) is 5.75 Å². The van der Waals surface area contributed by atoms with Gasteiger partial charge < -0.3 is 33.9 Å². The fraction of sp³-hybridized carbons (Fsp3) is 0.629. The summed E-state index contributed by atoms with van der Waals surface area (Å²) in [6.45, 7) is 1.50. The summed E-state index contributed by atoms with van der Waals surface area (Å²) in [6, 6.07) is 2.55. The van der Waals surface area contributed by atoms with E-state index >= 15 is 0 Å². The molecule has 5 atom stereocenters. The highest BCUT2D eigenvalue weighted by Crippen LogP contribution is 2.54. The normalized spacial score (nSPS) is 27.3. The monoisotopic (exact) mass is 763 g/mol. The number of carboxylic acid groups (broad SMARTS) is 1. The number of halogens is 3. The molecule has 286 valence electrons. The second-order valence-corrected chi connectivity index (χ2v) is 14.9. The average Bonchev–Trinajstić information content (AvgIpc) is 3.53. The van der Waals surface area contributed by atoms with Crippen molar-refractivity contribution < 1.29 is 56.8 Å². The van der Waals surface area contributed by atoms with Gasteiger partial charge in [-0.2, -0.15) is 0 Å². The average molecular weight is 764 g/mol. The predicted molar refractivity (Wildman–Crippen MR) is 176 cm³/mol. The zero-order chi connectivity index (χ0) is 37.6. The molecule has 18 heteroatoms. The lowest BCUT2D eigenvalue weighted by Crippen LogP contribution is -2.53. The van der Waals surface area contributed by atoms with Gasteiger partial charge in [-0.05, 0) is 68.1 Å². The van der Waals surface area contributed by atoms with Gasteiger partial charge in [-0.1, -0.05) is 16.8 Å². The van der Waals surface area contributed by atoms with E-state index in [2.05, 4.69) is 15.0 Å². The SMILES string of the molecule is Cn1nnc(COc2ccc(Cl)c3c2[C@@H](CN2CC4(CC4)CC2=O)N(C(=O)[C@@H]2OCCC[C@@H]2C(=O)O)CC3)c1C(F)F.O=C1OC(=O)C2OCCCC12. The Kier molecular flexibility index (Phi) is 10.4. The Morgan fingerprint density at radius 2 is 1.87 bits per heavy atom. The first kappa shape index (κ1) is 37.1. The maximum atomic E-state index is 14.0. The van der Waals surface area contributed by atoms with Crippen molar-refractivity contribution in [3.63, 3.8) is 0 Å². The number of nitrogens with zero attached hydrogens (tertiary/aromatic N) is 5. The molecule has 1 aromatic carbocycles. The van der Waals surface area contributed by atoms with Gasteiger partial charge in [0.05, 0.1) is 17.9 Å². The van der Waals surface area contributed by atoms with Crippen molar-refractivity contribution >= 4 is 41.3 Å². The summed E-state index contributed by atoms with van der Waals surface area (Å²) in [5.74, 6) is -3.50. The number of aryl methyl sites for hydroxylation is 1. The molecule has 1 N–H and O–H groups in total. The van der Waals surface area contributed by atoms with Crippen molar-refractivity contribution in [2.45, 2.75) is 82.6 Å². The highest BCUT2D eigenvalue weighted by molar-refractivity contribution is 6.31. The largest absolute Gasteiger partial charge is 0.487 e. The Morgan fingerprint density at radius 3 is 2.57 bits per heavy atom. The minimum Gasteiger partial charge on any atom is -0.487 e. The smallest absolute Gasteiger partial charge is 0.343 e. The van der Waals surface area contributed by atoms with Gasteiger partial charge in [0.1, 0.15) is 29.8 Å². The van der Waals surface area contributed by atoms with Gasteiger partial charge in [0, 0.05) is 56.9 Å². The molecule has 1 aromatic heterocycles. The first-order valence-corrected chi connectivity index (χ1v) is 18.2. The van der Waals surface area contributed by atoms with Crippen molar-refractivity contribution in [2.24, 2.45) is 24.3 Å². The lowest BCUT2D eigenvalue weighted by Gasteiger charge is -2.42. The van der Waals surface area contributed by atoms with Crippen LogP contribution < -0.4 is 4.74 Å². The highest BCUT2D eigenvalue weighted by Gasteiger charge is 2.53. The number of alkyl halides is 2. The third kappa shape index (κ3) is 7.34. The number of esters is 2. The number of aromatic nitrogens is 3. The lowest BCUT2D eigenvalue weighted by molar-refractivity contribution is -0.166. The standard InChI is InChI=1S/C28H32ClF2N5O6.C7H8O4/c1-34-23(25(30)31)18(32-33-34)13-42-20-5-4-17(29)15-6-9-36(26(38)24-16(27(39)40)3-2-10-41-24)19(22(15)20)12-35-14-28(7-8-28)11-21(35)37;8-6-4-2-1-3-10-5(4)7(9)11-6/h4-5,16,19,24-25H,2-3,6-14H2,1H3,(H,39,40);4-5H,1-3H2/t16-,19+,24+;/m0./s1. The summed E-state index contributed by atoms with van der Waals surface area (Å²) < 4.78 is 49.6. The number of hydrogen-bond donors (Lipinski definition) is 1. The second kappa shape index (κ2) is 14.9. The van der Waals surface area contributed by atoms with Crippen LogP contribution >= 0.6 is 11.6 Å². The summed E-state index contributed by atoms with van der Waals surface area (Å²) in [4.78, 5) is 64.2. The van der Waals surface area contributed by atoms with E-state index in [1.54, 1.807) is 21.9 Å². The highest BCUT2D eigenvalue weighted by atomic mass is 35.5. The molecule has 2 unspecified atom stereocenters. The first-order chi connectivity index (χ1) is 25.4. The van der Waals surface area contributed by atoms with Gasteiger partial charge in [0.2, 0.25) is 5.91 Å². The van der Waals surface area contributed by atoms with Crippen LogP contribution in [0.1, 0.15) is 79.9 Å². The van der Waals surface area contributed by atoms with Crippen LogP contribution in [0.25, 0.3) is 0 Å². The van der Waals surface area contributed by atoms with Gasteiger partial charge in [0.25, 0.3) is 12.3 Å². The Balaban J connectivity index is 0.000000336. The number of ether oxygens (including phenoxy) is 4. The van der Waals surface area contributed by atoms with Crippen molar-refractivity contribution in [3.05, 3.63) is 39.7 Å². The molecule has 6 aliphatic rings. The number of carboxylic acids is 1. The minimum absolute atomic E-state index is 0.00465. The molecule has 5 aliphatic heterocycles. The number of amides is 2. The van der Waals surface area contributed by atoms with Crippen LogP contribution in [0.15, 0.2) is 12.1 Å². The fourth-order valence-corrected chi connectivity index (χ4v) is 8.34. The quantitative estimate of drug-likeness (QED) is 0.307. The van der Waals surface area contributed by atoms with E-state index in [4.69, 9.17) is 25.8 Å². The maximum Gasteiger partial charge on any atom is 0.343 e. The van der Waals surface area contributed by atoms with E-state index in [1.807, 2.05) is 0 Å². The topological polar surface area (TPSA) is 180 Å². The van der Waals surface area contributed by atoms with E-state index in [-0.39, 0.29) is 54.9 Å². The molecule has 0 bridgehead atoms. The number of rotatable bonds is 8. The summed E-state index contributed by atoms with van der Waals surface area (Å²) in [5, 5.41) is 17.8. The Bertz CT molecular complexity index is 1780. The molecule has 4 saturated heterocycles. The Morgan fingerprint density at radius 1 is 1.11 bits per heavy atom. The lowest BCUT2D eigenvalue weighted by atomic mass is 9.88. The first-order valence-electron chi connectivity index (χ1n) is 17.8. The van der Waals surface area contributed by atoms with Gasteiger partial charge >= 0.3 is 17.9 Å². The van der Waals surface area contributed by atoms with E-state index in [0.717, 1.165) is 35.9 Å². The van der Waals surface area contributed by atoms with Gasteiger partial charge in [0.15, 0.2) is 6.10 Å². The fourth-order valence-electron chi connectivity index (χ4n) is 8.08. The molecule has 53 heavy (non-hydrogen) atoms. The number of aliphatic carboxylic acids is 1. The summed E-state index contributed by atoms with van der Waals surface area (Å²) in [7, 11) is 1.37. The Hall–Kier alpha value is -4.22. The van der Waals surface area contributed by atoms with Crippen LogP contribution in [-0.4, -0.2) is 105 Å². The summed E-state index contributed by atoms with van der Waals surface area (Å²) in [5.41, 5.74) is 0.884. The van der Waals surface area contributed by atoms with E-state index in [9.17, 15) is 37.9 Å². The third-order valence-corrected chi connectivity index (χ3v) is 11.4. The van der Waals surface area contributed by atoms with Crippen LogP contribution in [-0.2, 0) is 58.3 Å². The maximum absolute atomic E-state index is 14.0. The molecular weight excluding hydrogens is 724 g/mol. The van der Waals surface area contributed by atoms with Crippen molar-refractivity contribution in [2.75, 3.05) is 32.8 Å². The number of likely N-dealkylation sites (tertiary alicyclic amines) is 1. The van der Waals surface area contributed by atoms with Crippen LogP contribution in [0, 0.1) is 17.3 Å². The number of fused-ring (bicyclic) bond motifs is 2. The van der Waals surface area contributed by atoms with E-state index in [0.29, 0.717) is 55.2 Å². The molecule has 1 saturated carbocycles. The second-order valence-electron chi connectivity index (χ2n) is 14.5. The zero-order valence-corrected chi connectivity index (χ0v) is 29.8. The van der Waals surface area contributed by atoms with Crippen molar-refractivity contribution in [1.82, 2.24) is 24.8 Å². The van der Waals surface area contributed by atoms with Gasteiger partial charge in [-0.15, -0.1) is 5.10 Å². The molecule has 6 heterocycles. The molecule has 15 nitrogen and oxygen atoms in total. The van der Waals surface area contributed by atoms with Crippen LogP contribution in [0.5, 0.6) is 5.75 Å². The number of carbonyl (C=O) groups excluding carboxylic acids is 4. The number of cyclic esters (lactones) is 2. The number of carbonyl (C=O) groups is 5. The summed E-state index contributed by atoms with van der Waals surface area (Å²) in [6.07, 6.45) is 0.583. The predicted octanol–water partition coefficient (Wildman–Crippen LogP) is 3.17. The number of benzene rings is 1. The van der Waals surface area contributed by atoms with Crippen molar-refractivity contribution in [1.29, 1.82) is 0 Å². The molecule has 8 rings (SSSR count). The zero-order valence-electron chi connectivity index (χ0n) is 29.0. The molecule has 2 aromatic rings. The van der Waals surface area contributed by atoms with Crippen LogP contribution in [0.4, 0.5) is 8.78 Å². The molecule has 1 aliphatic carbocycles. The molecular formula is C35H40ClF2N5O10. The molecule has 5 fully saturated rings. The molecule has 0 radical (unpaired) electrons. The summed E-state index contributed by atoms with van der Waals surface area (Å²) >= 11 is 6.64. The molecule has 1 spiro atoms.